The SMILES string of the molecule is CC[C@@H](C)[C@@H](NC(=O)CNc1ccc2c(cc1=O)[C@H](NC(C)=O)CCc1cc(OC)c(OC)c(OC)c1-2)c1nc2ccccc2[nH]1. The average Bonchev–Trinajstić information content (AvgIpc) is 3.35. The van der Waals surface area contributed by atoms with Gasteiger partial charge in [0.25, 0.3) is 0 Å². The summed E-state index contributed by atoms with van der Waals surface area (Å²) in [6.45, 7) is 5.45. The predicted molar refractivity (Wildman–Crippen MR) is 178 cm³/mol. The number of amides is 2. The molecule has 0 spiro atoms. The van der Waals surface area contributed by atoms with Gasteiger partial charge in [0.1, 0.15) is 5.82 Å². The summed E-state index contributed by atoms with van der Waals surface area (Å²) < 4.78 is 17.1. The van der Waals surface area contributed by atoms with Crippen molar-refractivity contribution in [1.82, 2.24) is 20.6 Å². The standard InChI is InChI=1S/C35H41N5O6/c1-7-19(2)32(35-38-25-10-8-9-11-26(25)39-35)40-30(43)18-36-27-15-13-22-23(17-28(27)42)24(37-20(3)41)14-12-21-16-29(44-4)33(45-5)34(46-6)31(21)22/h8-11,13,15-17,19,24,32H,7,12,14,18H2,1-6H3,(H,36,42)(H,37,41)(H,38,39)(H,40,43)/t19-,24-,32-/m1/s1. The van der Waals surface area contributed by atoms with Crippen molar-refractivity contribution in [1.29, 1.82) is 0 Å². The largest absolute Gasteiger partial charge is 0.493 e. The number of aryl methyl sites for hydroxylation is 1. The van der Waals surface area contributed by atoms with E-state index >= 15 is 0 Å². The Balaban J connectivity index is 1.48. The number of carbonyl (C=O) groups excluding carboxylic acids is 2. The molecule has 11 heteroatoms. The minimum Gasteiger partial charge on any atom is -0.493 e. The molecule has 0 saturated heterocycles. The second-order valence-electron chi connectivity index (χ2n) is 11.5. The lowest BCUT2D eigenvalue weighted by molar-refractivity contribution is -0.121. The van der Waals surface area contributed by atoms with Gasteiger partial charge in [-0.1, -0.05) is 38.5 Å². The Bertz CT molecular complexity index is 1790. The summed E-state index contributed by atoms with van der Waals surface area (Å²) in [4.78, 5) is 47.2. The summed E-state index contributed by atoms with van der Waals surface area (Å²) in [5.74, 6) is 1.73. The van der Waals surface area contributed by atoms with Crippen LogP contribution in [-0.4, -0.2) is 49.7 Å². The molecule has 5 rings (SSSR count). The van der Waals surface area contributed by atoms with Gasteiger partial charge in [0.15, 0.2) is 11.5 Å². The van der Waals surface area contributed by atoms with Crippen LogP contribution in [0.5, 0.6) is 17.2 Å². The van der Waals surface area contributed by atoms with Crippen molar-refractivity contribution >= 4 is 28.5 Å². The zero-order valence-corrected chi connectivity index (χ0v) is 27.1. The molecule has 46 heavy (non-hydrogen) atoms. The number of methoxy groups -OCH3 is 3. The maximum atomic E-state index is 13.6. The van der Waals surface area contributed by atoms with Gasteiger partial charge in [-0.05, 0) is 65.8 Å². The Morgan fingerprint density at radius 3 is 2.48 bits per heavy atom. The minimum absolute atomic E-state index is 0.112. The Morgan fingerprint density at radius 2 is 1.80 bits per heavy atom. The molecule has 0 saturated carbocycles. The van der Waals surface area contributed by atoms with Crippen LogP contribution in [0.25, 0.3) is 22.2 Å². The highest BCUT2D eigenvalue weighted by Gasteiger charge is 2.30. The first-order chi connectivity index (χ1) is 22.2. The molecule has 1 heterocycles. The van der Waals surface area contributed by atoms with Crippen LogP contribution >= 0.6 is 0 Å². The number of nitrogens with zero attached hydrogens (tertiary/aromatic N) is 1. The number of aromatic nitrogens is 2. The fraction of sp³-hybridized carbons (Fsp3) is 0.371. The summed E-state index contributed by atoms with van der Waals surface area (Å²) in [6, 6.07) is 13.9. The Hall–Kier alpha value is -5.06. The maximum absolute atomic E-state index is 13.6. The third-order valence-electron chi connectivity index (χ3n) is 8.59. The lowest BCUT2D eigenvalue weighted by atomic mass is 9.95. The second-order valence-corrected chi connectivity index (χ2v) is 11.5. The average molecular weight is 628 g/mol. The van der Waals surface area contributed by atoms with Gasteiger partial charge in [-0.2, -0.15) is 0 Å². The van der Waals surface area contributed by atoms with Crippen LogP contribution in [0, 0.1) is 5.92 Å². The van der Waals surface area contributed by atoms with Gasteiger partial charge in [0.05, 0.1) is 56.7 Å². The lowest BCUT2D eigenvalue weighted by Gasteiger charge is -2.22. The van der Waals surface area contributed by atoms with Crippen LogP contribution < -0.4 is 35.6 Å². The Labute approximate surface area is 268 Å². The van der Waals surface area contributed by atoms with E-state index in [2.05, 4.69) is 34.8 Å². The van der Waals surface area contributed by atoms with Crippen molar-refractivity contribution < 1.29 is 23.8 Å². The summed E-state index contributed by atoms with van der Waals surface area (Å²) in [5, 5.41) is 9.15. The van der Waals surface area contributed by atoms with Crippen molar-refractivity contribution in [2.24, 2.45) is 5.92 Å². The van der Waals surface area contributed by atoms with Gasteiger partial charge in [-0.3, -0.25) is 14.4 Å². The number of hydrogen-bond acceptors (Lipinski definition) is 8. The van der Waals surface area contributed by atoms with Crippen molar-refractivity contribution in [3.8, 4) is 28.4 Å². The summed E-state index contributed by atoms with van der Waals surface area (Å²) >= 11 is 0. The molecule has 4 N–H and O–H groups in total. The van der Waals surface area contributed by atoms with Gasteiger partial charge in [-0.15, -0.1) is 0 Å². The fourth-order valence-corrected chi connectivity index (χ4v) is 6.09. The van der Waals surface area contributed by atoms with Gasteiger partial charge >= 0.3 is 0 Å². The number of H-pyrrole nitrogens is 1. The molecule has 4 aromatic rings. The maximum Gasteiger partial charge on any atom is 0.239 e. The number of nitrogens with one attached hydrogen (secondary N) is 4. The third kappa shape index (κ3) is 6.49. The normalized spacial score (nSPS) is 15.0. The van der Waals surface area contributed by atoms with Crippen LogP contribution in [0.2, 0.25) is 0 Å². The van der Waals surface area contributed by atoms with Crippen molar-refractivity contribution in [3.63, 3.8) is 0 Å². The second kappa shape index (κ2) is 13.9. The van der Waals surface area contributed by atoms with Crippen LogP contribution in [0.1, 0.15) is 62.6 Å². The highest BCUT2D eigenvalue weighted by molar-refractivity contribution is 5.85. The first kappa shape index (κ1) is 32.3. The molecule has 0 radical (unpaired) electrons. The molecule has 11 nitrogen and oxygen atoms in total. The number of para-hydroxylation sites is 2. The number of benzene rings is 2. The van der Waals surface area contributed by atoms with Gasteiger partial charge < -0.3 is 35.1 Å². The van der Waals surface area contributed by atoms with Crippen molar-refractivity contribution in [3.05, 3.63) is 75.7 Å². The highest BCUT2D eigenvalue weighted by atomic mass is 16.5. The molecule has 0 aliphatic heterocycles. The van der Waals surface area contributed by atoms with E-state index in [1.54, 1.807) is 27.4 Å². The van der Waals surface area contributed by atoms with Crippen molar-refractivity contribution in [2.45, 2.75) is 52.1 Å². The first-order valence-corrected chi connectivity index (χ1v) is 15.4. The Kier molecular flexibility index (Phi) is 9.79. The van der Waals surface area contributed by atoms with E-state index in [-0.39, 0.29) is 41.4 Å². The van der Waals surface area contributed by atoms with Crippen LogP contribution in [0.3, 0.4) is 0 Å². The van der Waals surface area contributed by atoms with E-state index in [1.807, 2.05) is 36.4 Å². The molecular weight excluding hydrogens is 586 g/mol. The number of rotatable bonds is 11. The van der Waals surface area contributed by atoms with E-state index in [1.165, 1.54) is 13.0 Å². The zero-order valence-electron chi connectivity index (χ0n) is 27.1. The molecule has 0 fully saturated rings. The quantitative estimate of drug-likeness (QED) is 0.181. The molecule has 0 bridgehead atoms. The smallest absolute Gasteiger partial charge is 0.239 e. The lowest BCUT2D eigenvalue weighted by Crippen LogP contribution is -2.37. The van der Waals surface area contributed by atoms with E-state index in [4.69, 9.17) is 19.2 Å². The number of anilines is 1. The first-order valence-electron chi connectivity index (χ1n) is 15.4. The number of imidazole rings is 1. The van der Waals surface area contributed by atoms with Crippen LogP contribution in [0.15, 0.2) is 53.3 Å². The number of carbonyl (C=O) groups is 2. The molecule has 3 atom stereocenters. The summed E-state index contributed by atoms with van der Waals surface area (Å²) in [5.41, 5.74) is 4.69. The molecule has 1 aliphatic rings. The monoisotopic (exact) mass is 627 g/mol. The summed E-state index contributed by atoms with van der Waals surface area (Å²) in [7, 11) is 4.66. The van der Waals surface area contributed by atoms with Crippen molar-refractivity contribution in [2.75, 3.05) is 33.2 Å². The van der Waals surface area contributed by atoms with E-state index in [0.717, 1.165) is 28.6 Å². The molecular formula is C35H41N5O6. The zero-order chi connectivity index (χ0) is 33.0. The number of ether oxygens (including phenoxy) is 3. The number of fused-ring (bicyclic) bond motifs is 4. The predicted octanol–water partition coefficient (Wildman–Crippen LogP) is 5.05. The molecule has 0 unspecified atom stereocenters. The third-order valence-corrected chi connectivity index (χ3v) is 8.59. The fourth-order valence-electron chi connectivity index (χ4n) is 6.09. The number of aromatic amines is 1. The molecule has 3 aromatic carbocycles. The van der Waals surface area contributed by atoms with Crippen LogP contribution in [-0.2, 0) is 16.0 Å². The Morgan fingerprint density at radius 1 is 1.04 bits per heavy atom. The van der Waals surface area contributed by atoms with Gasteiger partial charge in [-0.25, -0.2) is 4.98 Å². The van der Waals surface area contributed by atoms with E-state index in [0.29, 0.717) is 47.0 Å². The highest BCUT2D eigenvalue weighted by Crippen LogP contribution is 2.50. The topological polar surface area (TPSA) is 144 Å². The van der Waals surface area contributed by atoms with E-state index < -0.39 is 6.04 Å². The number of hydrogen-bond donors (Lipinski definition) is 4. The van der Waals surface area contributed by atoms with Gasteiger partial charge in [0.2, 0.25) is 23.0 Å². The molecule has 1 aliphatic carbocycles. The molecule has 2 amide bonds. The molecule has 1 aromatic heterocycles. The molecule has 242 valence electrons. The minimum atomic E-state index is -0.432. The van der Waals surface area contributed by atoms with Crippen LogP contribution in [0.4, 0.5) is 5.69 Å². The van der Waals surface area contributed by atoms with Gasteiger partial charge in [0, 0.05) is 12.5 Å². The summed E-state index contributed by atoms with van der Waals surface area (Å²) in [6.07, 6.45) is 1.97. The van der Waals surface area contributed by atoms with E-state index in [9.17, 15) is 14.4 Å².